The Morgan fingerprint density at radius 1 is 1.03 bits per heavy atom. The smallest absolute Gasteiger partial charge is 0.244 e. The summed E-state index contributed by atoms with van der Waals surface area (Å²) in [4.78, 5) is 28.1. The van der Waals surface area contributed by atoms with E-state index in [0.29, 0.717) is 36.0 Å². The van der Waals surface area contributed by atoms with E-state index in [0.717, 1.165) is 16.1 Å². The maximum atomic E-state index is 13.6. The number of benzene rings is 2. The summed E-state index contributed by atoms with van der Waals surface area (Å²) in [5.41, 5.74) is 1.10. The van der Waals surface area contributed by atoms with Crippen molar-refractivity contribution in [2.24, 2.45) is 5.92 Å². The van der Waals surface area contributed by atoms with Gasteiger partial charge in [-0.2, -0.15) is 0 Å². The quantitative estimate of drug-likeness (QED) is 0.415. The molecule has 1 atom stereocenters. The molecule has 1 N–H and O–H groups in total. The number of nitrogens with zero attached hydrogens (tertiary/aromatic N) is 2. The molecule has 0 heterocycles. The highest BCUT2D eigenvalue weighted by Gasteiger charge is 2.31. The first-order valence-corrected chi connectivity index (χ1v) is 14.2. The number of anilines is 1. The zero-order valence-electron chi connectivity index (χ0n) is 21.5. The molecule has 0 bridgehead atoms. The van der Waals surface area contributed by atoms with E-state index in [1.54, 1.807) is 48.5 Å². The summed E-state index contributed by atoms with van der Waals surface area (Å²) < 4.78 is 31.8. The molecule has 0 radical (unpaired) electrons. The molecule has 0 fully saturated rings. The van der Waals surface area contributed by atoms with E-state index >= 15 is 0 Å². The minimum Gasteiger partial charge on any atom is -0.494 e. The lowest BCUT2D eigenvalue weighted by molar-refractivity contribution is -0.140. The van der Waals surface area contributed by atoms with E-state index in [2.05, 4.69) is 5.32 Å². The highest BCUT2D eigenvalue weighted by Crippen LogP contribution is 2.23. The first-order chi connectivity index (χ1) is 17.0. The first kappa shape index (κ1) is 29.5. The average Bonchev–Trinajstić information content (AvgIpc) is 2.82. The average molecular weight is 538 g/mol. The maximum absolute atomic E-state index is 13.6. The molecule has 8 nitrogen and oxygen atoms in total. The fraction of sp³-hybridized carbons (Fsp3) is 0.462. The van der Waals surface area contributed by atoms with E-state index in [1.165, 1.54) is 4.90 Å². The SMILES string of the molecule is CCOc1ccc(N(CC(=O)N(Cc2ccc(Cl)cc2)C(CC)C(=O)NCC(C)C)S(C)(=O)=O)cc1. The molecular weight excluding hydrogens is 502 g/mol. The molecular formula is C26H36ClN3O5S. The van der Waals surface area contributed by atoms with Gasteiger partial charge in [-0.3, -0.25) is 13.9 Å². The van der Waals surface area contributed by atoms with Crippen molar-refractivity contribution in [2.45, 2.75) is 46.7 Å². The topological polar surface area (TPSA) is 96.0 Å². The van der Waals surface area contributed by atoms with E-state index in [4.69, 9.17) is 16.3 Å². The lowest BCUT2D eigenvalue weighted by Crippen LogP contribution is -2.52. The van der Waals surface area contributed by atoms with Crippen LogP contribution in [0.2, 0.25) is 5.02 Å². The Labute approximate surface area is 219 Å². The van der Waals surface area contributed by atoms with Crippen LogP contribution in [0.5, 0.6) is 5.75 Å². The summed E-state index contributed by atoms with van der Waals surface area (Å²) in [6, 6.07) is 12.7. The number of hydrogen-bond donors (Lipinski definition) is 1. The van der Waals surface area contributed by atoms with Gasteiger partial charge >= 0.3 is 0 Å². The number of carbonyl (C=O) groups excluding carboxylic acids is 2. The molecule has 0 aliphatic carbocycles. The molecule has 0 saturated carbocycles. The van der Waals surface area contributed by atoms with Crippen molar-refractivity contribution >= 4 is 39.1 Å². The van der Waals surface area contributed by atoms with Crippen LogP contribution in [-0.4, -0.2) is 57.1 Å². The number of halogens is 1. The van der Waals surface area contributed by atoms with Crippen LogP contribution in [0.15, 0.2) is 48.5 Å². The van der Waals surface area contributed by atoms with Crippen molar-refractivity contribution in [1.29, 1.82) is 0 Å². The van der Waals surface area contributed by atoms with Gasteiger partial charge in [0.05, 0.1) is 18.6 Å². The number of amides is 2. The second kappa shape index (κ2) is 13.5. The largest absolute Gasteiger partial charge is 0.494 e. The van der Waals surface area contributed by atoms with Gasteiger partial charge in [0.15, 0.2) is 0 Å². The highest BCUT2D eigenvalue weighted by molar-refractivity contribution is 7.92. The fourth-order valence-corrected chi connectivity index (χ4v) is 4.59. The number of hydrogen-bond acceptors (Lipinski definition) is 5. The maximum Gasteiger partial charge on any atom is 0.244 e. The zero-order chi connectivity index (χ0) is 26.9. The van der Waals surface area contributed by atoms with Gasteiger partial charge in [0.1, 0.15) is 18.3 Å². The van der Waals surface area contributed by atoms with Crippen LogP contribution in [-0.2, 0) is 26.2 Å². The van der Waals surface area contributed by atoms with Crippen molar-refractivity contribution in [3.63, 3.8) is 0 Å². The Kier molecular flexibility index (Phi) is 11.0. The predicted molar refractivity (Wildman–Crippen MR) is 144 cm³/mol. The second-order valence-electron chi connectivity index (χ2n) is 8.91. The molecule has 0 saturated heterocycles. The molecule has 2 rings (SSSR count). The molecule has 0 spiro atoms. The predicted octanol–water partition coefficient (Wildman–Crippen LogP) is 4.08. The van der Waals surface area contributed by atoms with Crippen molar-refractivity contribution in [1.82, 2.24) is 10.2 Å². The van der Waals surface area contributed by atoms with Crippen LogP contribution in [0.3, 0.4) is 0 Å². The van der Waals surface area contributed by atoms with Gasteiger partial charge < -0.3 is 15.0 Å². The van der Waals surface area contributed by atoms with Gasteiger partial charge in [-0.1, -0.05) is 44.5 Å². The molecule has 2 amide bonds. The Bertz CT molecular complexity index is 1110. The lowest BCUT2D eigenvalue weighted by atomic mass is 10.1. The van der Waals surface area contributed by atoms with Crippen LogP contribution in [0.4, 0.5) is 5.69 Å². The molecule has 1 unspecified atom stereocenters. The number of rotatable bonds is 13. The minimum absolute atomic E-state index is 0.129. The Morgan fingerprint density at radius 3 is 2.14 bits per heavy atom. The molecule has 0 aliphatic rings. The summed E-state index contributed by atoms with van der Waals surface area (Å²) in [5, 5.41) is 3.45. The third kappa shape index (κ3) is 8.71. The molecule has 0 aromatic heterocycles. The van der Waals surface area contributed by atoms with Crippen LogP contribution >= 0.6 is 11.6 Å². The standard InChI is InChI=1S/C26H36ClN3O5S/c1-6-24(26(32)28-16-19(3)4)29(17-20-8-10-21(27)11-9-20)25(31)18-30(36(5,33)34)22-12-14-23(15-13-22)35-7-2/h8-15,19,24H,6-7,16-18H2,1-5H3,(H,28,32). The van der Waals surface area contributed by atoms with E-state index in [1.807, 2.05) is 27.7 Å². The van der Waals surface area contributed by atoms with E-state index < -0.39 is 28.5 Å². The monoisotopic (exact) mass is 537 g/mol. The van der Waals surface area contributed by atoms with Gasteiger partial charge in [-0.15, -0.1) is 0 Å². The summed E-state index contributed by atoms with van der Waals surface area (Å²) in [6.45, 7) is 8.27. The van der Waals surface area contributed by atoms with Gasteiger partial charge in [0.2, 0.25) is 21.8 Å². The summed E-state index contributed by atoms with van der Waals surface area (Å²) in [7, 11) is -3.80. The number of ether oxygens (including phenoxy) is 1. The molecule has 36 heavy (non-hydrogen) atoms. The number of sulfonamides is 1. The van der Waals surface area contributed by atoms with Gasteiger partial charge in [0, 0.05) is 18.1 Å². The molecule has 0 aliphatic heterocycles. The normalized spacial score (nSPS) is 12.2. The van der Waals surface area contributed by atoms with Gasteiger partial charge in [-0.25, -0.2) is 8.42 Å². The summed E-state index contributed by atoms with van der Waals surface area (Å²) in [5.74, 6) is 0.0711. The van der Waals surface area contributed by atoms with Crippen LogP contribution < -0.4 is 14.4 Å². The van der Waals surface area contributed by atoms with Gasteiger partial charge in [-0.05, 0) is 61.2 Å². The van der Waals surface area contributed by atoms with Crippen LogP contribution in [0, 0.1) is 5.92 Å². The fourth-order valence-electron chi connectivity index (χ4n) is 3.62. The second-order valence-corrected chi connectivity index (χ2v) is 11.3. The Hall–Kier alpha value is -2.78. The number of nitrogens with one attached hydrogen (secondary N) is 1. The first-order valence-electron chi connectivity index (χ1n) is 12.0. The third-order valence-electron chi connectivity index (χ3n) is 5.45. The Morgan fingerprint density at radius 2 is 1.64 bits per heavy atom. The Balaban J connectivity index is 2.39. The lowest BCUT2D eigenvalue weighted by Gasteiger charge is -2.33. The highest BCUT2D eigenvalue weighted by atomic mass is 35.5. The summed E-state index contributed by atoms with van der Waals surface area (Å²) >= 11 is 6.01. The van der Waals surface area contributed by atoms with Gasteiger partial charge in [0.25, 0.3) is 0 Å². The molecule has 2 aromatic carbocycles. The van der Waals surface area contributed by atoms with E-state index in [9.17, 15) is 18.0 Å². The van der Waals surface area contributed by atoms with Crippen molar-refractivity contribution in [3.05, 3.63) is 59.1 Å². The third-order valence-corrected chi connectivity index (χ3v) is 6.84. The van der Waals surface area contributed by atoms with E-state index in [-0.39, 0.29) is 18.4 Å². The van der Waals surface area contributed by atoms with Crippen molar-refractivity contribution in [3.8, 4) is 5.75 Å². The summed E-state index contributed by atoms with van der Waals surface area (Å²) in [6.07, 6.45) is 1.41. The van der Waals surface area contributed by atoms with Crippen LogP contribution in [0.25, 0.3) is 0 Å². The molecule has 198 valence electrons. The molecule has 2 aromatic rings. The zero-order valence-corrected chi connectivity index (χ0v) is 23.1. The molecule has 10 heteroatoms. The number of carbonyl (C=O) groups is 2. The minimum atomic E-state index is -3.80. The van der Waals surface area contributed by atoms with Crippen LogP contribution in [0.1, 0.15) is 39.7 Å². The van der Waals surface area contributed by atoms with Crippen molar-refractivity contribution < 1.29 is 22.7 Å². The van der Waals surface area contributed by atoms with Crippen molar-refractivity contribution in [2.75, 3.05) is 30.3 Å².